The molecule has 1 atom stereocenters. The smallest absolute Gasteiger partial charge is 0.302 e. The second kappa shape index (κ2) is 3.26. The highest BCUT2D eigenvalue weighted by Gasteiger charge is 2.32. The van der Waals surface area contributed by atoms with Crippen molar-refractivity contribution in [1.82, 2.24) is 5.32 Å². The van der Waals surface area contributed by atoms with Gasteiger partial charge in [-0.3, -0.25) is 4.79 Å². The van der Waals surface area contributed by atoms with Crippen molar-refractivity contribution in [1.29, 1.82) is 0 Å². The Morgan fingerprint density at radius 1 is 1.64 bits per heavy atom. The van der Waals surface area contributed by atoms with Gasteiger partial charge >= 0.3 is 5.92 Å². The Morgan fingerprint density at radius 3 is 2.82 bits per heavy atom. The van der Waals surface area contributed by atoms with Crippen LogP contribution in [0.1, 0.15) is 12.8 Å². The molecule has 0 aromatic rings. The molecule has 11 heavy (non-hydrogen) atoms. The molecule has 1 N–H and O–H groups in total. The fourth-order valence-corrected chi connectivity index (χ4v) is 1.32. The van der Waals surface area contributed by atoms with Gasteiger partial charge in [-0.05, 0) is 25.4 Å². The zero-order chi connectivity index (χ0) is 8.32. The van der Waals surface area contributed by atoms with E-state index in [4.69, 9.17) is 0 Å². The summed E-state index contributed by atoms with van der Waals surface area (Å²) in [5, 5.41) is 2.97. The molecule has 0 radical (unpaired) electrons. The maximum atomic E-state index is 12.4. The zero-order valence-corrected chi connectivity index (χ0v) is 6.15. The van der Waals surface area contributed by atoms with Gasteiger partial charge in [-0.1, -0.05) is 0 Å². The van der Waals surface area contributed by atoms with Crippen molar-refractivity contribution in [2.45, 2.75) is 18.8 Å². The van der Waals surface area contributed by atoms with Crippen LogP contribution in [0, 0.1) is 5.92 Å². The highest BCUT2D eigenvalue weighted by Crippen LogP contribution is 2.24. The molecule has 4 heteroatoms. The molecule has 1 heterocycles. The Balaban J connectivity index is 2.33. The van der Waals surface area contributed by atoms with Gasteiger partial charge in [0.15, 0.2) is 6.29 Å². The van der Waals surface area contributed by atoms with Crippen molar-refractivity contribution in [2.24, 2.45) is 5.92 Å². The lowest BCUT2D eigenvalue weighted by atomic mass is 10.0. The third-order valence-electron chi connectivity index (χ3n) is 1.90. The Bertz CT molecular complexity index is 143. The monoisotopic (exact) mass is 163 g/mol. The average molecular weight is 163 g/mol. The van der Waals surface area contributed by atoms with Crippen LogP contribution in [-0.2, 0) is 4.79 Å². The molecule has 1 aliphatic heterocycles. The molecule has 0 spiro atoms. The molecule has 1 fully saturated rings. The van der Waals surface area contributed by atoms with Gasteiger partial charge in [0.25, 0.3) is 0 Å². The van der Waals surface area contributed by atoms with Crippen LogP contribution < -0.4 is 5.32 Å². The van der Waals surface area contributed by atoms with E-state index < -0.39 is 5.92 Å². The van der Waals surface area contributed by atoms with E-state index in [0.717, 1.165) is 13.0 Å². The van der Waals surface area contributed by atoms with Crippen molar-refractivity contribution in [3.63, 3.8) is 0 Å². The first-order valence-corrected chi connectivity index (χ1v) is 3.69. The van der Waals surface area contributed by atoms with Crippen LogP contribution in [0.3, 0.4) is 0 Å². The number of carbonyl (C=O) groups excluding carboxylic acids is 1. The Hall–Kier alpha value is -0.510. The Kier molecular flexibility index (Phi) is 2.54. The summed E-state index contributed by atoms with van der Waals surface area (Å²) in [6, 6.07) is 0. The molecule has 0 aromatic carbocycles. The Morgan fingerprint density at radius 2 is 2.36 bits per heavy atom. The summed E-state index contributed by atoms with van der Waals surface area (Å²) in [6.45, 7) is 1.41. The molecule has 0 amide bonds. The van der Waals surface area contributed by atoms with Crippen LogP contribution in [0.4, 0.5) is 8.78 Å². The number of hydrogen-bond donors (Lipinski definition) is 1. The van der Waals surface area contributed by atoms with Gasteiger partial charge < -0.3 is 5.32 Å². The van der Waals surface area contributed by atoms with Crippen LogP contribution in [0.15, 0.2) is 0 Å². The van der Waals surface area contributed by atoms with E-state index in [2.05, 4.69) is 5.32 Å². The molecule has 0 aromatic heterocycles. The average Bonchev–Trinajstić information content (AvgIpc) is 2.39. The second-order valence-corrected chi connectivity index (χ2v) is 2.94. The topological polar surface area (TPSA) is 29.1 Å². The van der Waals surface area contributed by atoms with E-state index in [1.54, 1.807) is 0 Å². The van der Waals surface area contributed by atoms with Crippen LogP contribution in [0.5, 0.6) is 0 Å². The number of alkyl halides is 2. The number of halogens is 2. The minimum Gasteiger partial charge on any atom is -0.316 e. The molecule has 0 bridgehead atoms. The minimum absolute atomic E-state index is 0.0322. The van der Waals surface area contributed by atoms with E-state index in [1.807, 2.05) is 0 Å². The summed E-state index contributed by atoms with van der Waals surface area (Å²) in [5.74, 6) is -3.15. The van der Waals surface area contributed by atoms with Gasteiger partial charge in [-0.25, -0.2) is 0 Å². The standard InChI is InChI=1S/C7H11F2NO/c8-7(9,5-11)3-6-1-2-10-4-6/h5-6,10H,1-4H2. The summed E-state index contributed by atoms with van der Waals surface area (Å²) >= 11 is 0. The molecular weight excluding hydrogens is 152 g/mol. The number of aldehydes is 1. The summed E-state index contributed by atoms with van der Waals surface area (Å²) in [4.78, 5) is 9.84. The lowest BCUT2D eigenvalue weighted by molar-refractivity contribution is -0.131. The first-order valence-electron chi connectivity index (χ1n) is 3.69. The molecule has 2 nitrogen and oxygen atoms in total. The van der Waals surface area contributed by atoms with Crippen molar-refractivity contribution in [3.05, 3.63) is 0 Å². The lowest BCUT2D eigenvalue weighted by Gasteiger charge is -2.12. The van der Waals surface area contributed by atoms with Crippen molar-refractivity contribution < 1.29 is 13.6 Å². The number of carbonyl (C=O) groups is 1. The van der Waals surface area contributed by atoms with Gasteiger partial charge in [-0.2, -0.15) is 8.78 Å². The SMILES string of the molecule is O=CC(F)(F)CC1CCNC1. The normalized spacial score (nSPS) is 25.5. The number of rotatable bonds is 3. The first-order chi connectivity index (χ1) is 5.14. The Labute approximate surface area is 64.0 Å². The largest absolute Gasteiger partial charge is 0.316 e. The number of hydrogen-bond acceptors (Lipinski definition) is 2. The predicted octanol–water partition coefficient (Wildman–Crippen LogP) is 0.820. The molecule has 0 aliphatic carbocycles. The molecular formula is C7H11F2NO. The van der Waals surface area contributed by atoms with Crippen LogP contribution in [-0.4, -0.2) is 25.3 Å². The van der Waals surface area contributed by atoms with Crippen molar-refractivity contribution in [3.8, 4) is 0 Å². The van der Waals surface area contributed by atoms with Gasteiger partial charge in [0.2, 0.25) is 0 Å². The van der Waals surface area contributed by atoms with E-state index >= 15 is 0 Å². The third-order valence-corrected chi connectivity index (χ3v) is 1.90. The second-order valence-electron chi connectivity index (χ2n) is 2.94. The highest BCUT2D eigenvalue weighted by molar-refractivity contribution is 5.59. The molecule has 1 unspecified atom stereocenters. The third kappa shape index (κ3) is 2.54. The van der Waals surface area contributed by atoms with E-state index in [1.165, 1.54) is 0 Å². The summed E-state index contributed by atoms with van der Waals surface area (Å²) in [6.07, 6.45) is 0.193. The van der Waals surface area contributed by atoms with Crippen LogP contribution in [0.25, 0.3) is 0 Å². The summed E-state index contributed by atoms with van der Waals surface area (Å²) in [7, 11) is 0. The minimum atomic E-state index is -3.11. The first kappa shape index (κ1) is 8.59. The van der Waals surface area contributed by atoms with Gasteiger partial charge in [0.05, 0.1) is 0 Å². The molecule has 1 aliphatic rings. The van der Waals surface area contributed by atoms with E-state index in [0.29, 0.717) is 6.54 Å². The van der Waals surface area contributed by atoms with Crippen molar-refractivity contribution in [2.75, 3.05) is 13.1 Å². The molecule has 1 rings (SSSR count). The fourth-order valence-electron chi connectivity index (χ4n) is 1.32. The van der Waals surface area contributed by atoms with E-state index in [-0.39, 0.29) is 18.6 Å². The maximum absolute atomic E-state index is 12.4. The van der Waals surface area contributed by atoms with Gasteiger partial charge in [0.1, 0.15) is 0 Å². The van der Waals surface area contributed by atoms with Crippen molar-refractivity contribution >= 4 is 6.29 Å². The zero-order valence-electron chi connectivity index (χ0n) is 6.15. The number of nitrogens with one attached hydrogen (secondary N) is 1. The summed E-state index contributed by atoms with van der Waals surface area (Å²) < 4.78 is 24.8. The van der Waals surface area contributed by atoms with Crippen LogP contribution >= 0.6 is 0 Å². The predicted molar refractivity (Wildman–Crippen MR) is 36.6 cm³/mol. The fraction of sp³-hybridized carbons (Fsp3) is 0.857. The van der Waals surface area contributed by atoms with Gasteiger partial charge in [0, 0.05) is 6.42 Å². The molecule has 64 valence electrons. The lowest BCUT2D eigenvalue weighted by Crippen LogP contribution is -2.23. The van der Waals surface area contributed by atoms with E-state index in [9.17, 15) is 13.6 Å². The molecule has 0 saturated carbocycles. The molecule has 1 saturated heterocycles. The summed E-state index contributed by atoms with van der Waals surface area (Å²) in [5.41, 5.74) is 0. The van der Waals surface area contributed by atoms with Crippen LogP contribution in [0.2, 0.25) is 0 Å². The highest BCUT2D eigenvalue weighted by atomic mass is 19.3. The maximum Gasteiger partial charge on any atom is 0.302 e. The van der Waals surface area contributed by atoms with Gasteiger partial charge in [-0.15, -0.1) is 0 Å². The quantitative estimate of drug-likeness (QED) is 0.624.